The second kappa shape index (κ2) is 6.46. The zero-order valence-electron chi connectivity index (χ0n) is 14.6. The number of carbonyl (C=O) groups excluding carboxylic acids is 1. The van der Waals surface area contributed by atoms with E-state index in [1.807, 2.05) is 52.0 Å². The molecule has 0 fully saturated rings. The minimum atomic E-state index is -0.562. The highest BCUT2D eigenvalue weighted by molar-refractivity contribution is 5.86. The van der Waals surface area contributed by atoms with E-state index in [1.165, 1.54) is 10.9 Å². The summed E-state index contributed by atoms with van der Waals surface area (Å²) in [7, 11) is 0. The van der Waals surface area contributed by atoms with Crippen LogP contribution in [0.2, 0.25) is 0 Å². The van der Waals surface area contributed by atoms with Crippen LogP contribution in [0.25, 0.3) is 5.69 Å². The minimum absolute atomic E-state index is 0.000775. The van der Waals surface area contributed by atoms with Crippen molar-refractivity contribution in [2.24, 2.45) is 0 Å². The molecule has 3 aromatic rings. The van der Waals surface area contributed by atoms with Crippen molar-refractivity contribution in [3.05, 3.63) is 53.4 Å². The van der Waals surface area contributed by atoms with Crippen LogP contribution in [0.1, 0.15) is 48.5 Å². The molecule has 0 unspecified atom stereocenters. The predicted octanol–water partition coefficient (Wildman–Crippen LogP) is 2.35. The lowest BCUT2D eigenvalue weighted by molar-refractivity contribution is 0.0455. The SMILES string of the molecule is Cc1cccc(-n2cc(C(=O)OCc3nc(C(C)(C)C)n[nH]3)nn2)c1. The number of nitrogens with zero attached hydrogens (tertiary/aromatic N) is 5. The molecule has 0 aliphatic carbocycles. The summed E-state index contributed by atoms with van der Waals surface area (Å²) in [4.78, 5) is 16.5. The second-order valence-electron chi connectivity index (χ2n) is 6.82. The maximum absolute atomic E-state index is 12.1. The molecule has 130 valence electrons. The Morgan fingerprint density at radius 2 is 2.12 bits per heavy atom. The maximum Gasteiger partial charge on any atom is 0.361 e. The number of carbonyl (C=O) groups is 1. The average Bonchev–Trinajstić information content (AvgIpc) is 3.21. The molecule has 1 N–H and O–H groups in total. The van der Waals surface area contributed by atoms with Crippen LogP contribution in [0.4, 0.5) is 0 Å². The molecule has 1 aromatic carbocycles. The normalized spacial score (nSPS) is 11.5. The molecule has 0 amide bonds. The molecule has 0 saturated carbocycles. The van der Waals surface area contributed by atoms with Crippen LogP contribution < -0.4 is 0 Å². The highest BCUT2D eigenvalue weighted by Crippen LogP contribution is 2.17. The Bertz CT molecular complexity index is 890. The molecule has 0 aliphatic rings. The molecule has 8 nitrogen and oxygen atoms in total. The molecule has 0 saturated heterocycles. The molecule has 0 atom stereocenters. The number of hydrogen-bond acceptors (Lipinski definition) is 6. The van der Waals surface area contributed by atoms with Gasteiger partial charge in [0.25, 0.3) is 0 Å². The molecule has 2 heterocycles. The topological polar surface area (TPSA) is 98.6 Å². The second-order valence-corrected chi connectivity index (χ2v) is 6.82. The number of rotatable bonds is 4. The highest BCUT2D eigenvalue weighted by Gasteiger charge is 2.20. The van der Waals surface area contributed by atoms with Gasteiger partial charge in [0.2, 0.25) is 0 Å². The van der Waals surface area contributed by atoms with Crippen LogP contribution in [-0.2, 0) is 16.8 Å². The van der Waals surface area contributed by atoms with Crippen molar-refractivity contribution in [3.8, 4) is 5.69 Å². The van der Waals surface area contributed by atoms with Crippen molar-refractivity contribution in [1.29, 1.82) is 0 Å². The fourth-order valence-corrected chi connectivity index (χ4v) is 2.16. The number of nitrogens with one attached hydrogen (secondary N) is 1. The first-order valence-corrected chi connectivity index (χ1v) is 7.91. The van der Waals surface area contributed by atoms with E-state index < -0.39 is 5.97 Å². The fourth-order valence-electron chi connectivity index (χ4n) is 2.16. The summed E-state index contributed by atoms with van der Waals surface area (Å²) in [5, 5.41) is 14.7. The number of aromatic nitrogens is 6. The molecule has 8 heteroatoms. The Balaban J connectivity index is 1.65. The number of hydrogen-bond donors (Lipinski definition) is 1. The smallest absolute Gasteiger partial charge is 0.361 e. The molecule has 3 rings (SSSR count). The number of benzene rings is 1. The quantitative estimate of drug-likeness (QED) is 0.732. The standard InChI is InChI=1S/C17H20N6O2/c1-11-6-5-7-12(8-11)23-9-13(19-22-23)15(24)25-10-14-18-16(21-20-14)17(2,3)4/h5-9H,10H2,1-4H3,(H,18,20,21). The first-order valence-electron chi connectivity index (χ1n) is 7.91. The van der Waals surface area contributed by atoms with Crippen LogP contribution in [0.5, 0.6) is 0 Å². The molecule has 25 heavy (non-hydrogen) atoms. The van der Waals surface area contributed by atoms with E-state index in [9.17, 15) is 4.79 Å². The summed E-state index contributed by atoms with van der Waals surface area (Å²) in [5.74, 6) is 0.598. The van der Waals surface area contributed by atoms with E-state index >= 15 is 0 Å². The van der Waals surface area contributed by atoms with Gasteiger partial charge in [-0.3, -0.25) is 5.10 Å². The molecule has 0 bridgehead atoms. The summed E-state index contributed by atoms with van der Waals surface area (Å²) in [6.07, 6.45) is 1.54. The Morgan fingerprint density at radius 3 is 2.80 bits per heavy atom. The first-order chi connectivity index (χ1) is 11.8. The van der Waals surface area contributed by atoms with Gasteiger partial charge in [-0.1, -0.05) is 38.1 Å². The fraction of sp³-hybridized carbons (Fsp3) is 0.353. The van der Waals surface area contributed by atoms with Gasteiger partial charge < -0.3 is 4.74 Å². The summed E-state index contributed by atoms with van der Waals surface area (Å²) >= 11 is 0. The van der Waals surface area contributed by atoms with Crippen molar-refractivity contribution in [3.63, 3.8) is 0 Å². The van der Waals surface area contributed by atoms with Gasteiger partial charge in [-0.2, -0.15) is 5.10 Å². The molecule has 2 aromatic heterocycles. The Labute approximate surface area is 145 Å². The third-order valence-corrected chi connectivity index (χ3v) is 3.51. The summed E-state index contributed by atoms with van der Waals surface area (Å²) in [5.41, 5.74) is 1.89. The number of H-pyrrole nitrogens is 1. The van der Waals surface area contributed by atoms with E-state index in [4.69, 9.17) is 4.74 Å². The van der Waals surface area contributed by atoms with E-state index in [-0.39, 0.29) is 17.7 Å². The number of ether oxygens (including phenoxy) is 1. The van der Waals surface area contributed by atoms with E-state index in [0.717, 1.165) is 11.3 Å². The zero-order valence-corrected chi connectivity index (χ0v) is 14.6. The number of aryl methyl sites for hydroxylation is 1. The van der Waals surface area contributed by atoms with E-state index in [2.05, 4.69) is 25.5 Å². The monoisotopic (exact) mass is 340 g/mol. The van der Waals surface area contributed by atoms with Gasteiger partial charge in [0.1, 0.15) is 0 Å². The maximum atomic E-state index is 12.1. The third-order valence-electron chi connectivity index (χ3n) is 3.51. The van der Waals surface area contributed by atoms with Crippen LogP contribution in [0.15, 0.2) is 30.5 Å². The van der Waals surface area contributed by atoms with Gasteiger partial charge in [-0.15, -0.1) is 5.10 Å². The van der Waals surface area contributed by atoms with E-state index in [1.54, 1.807) is 0 Å². The lowest BCUT2D eigenvalue weighted by atomic mass is 9.96. The largest absolute Gasteiger partial charge is 0.453 e. The van der Waals surface area contributed by atoms with Crippen molar-refractivity contribution in [1.82, 2.24) is 30.2 Å². The van der Waals surface area contributed by atoms with Gasteiger partial charge in [0.15, 0.2) is 23.9 Å². The van der Waals surface area contributed by atoms with Crippen LogP contribution in [0, 0.1) is 6.92 Å². The van der Waals surface area contributed by atoms with E-state index in [0.29, 0.717) is 11.6 Å². The van der Waals surface area contributed by atoms with Crippen molar-refractivity contribution >= 4 is 5.97 Å². The van der Waals surface area contributed by atoms with Gasteiger partial charge >= 0.3 is 5.97 Å². The Kier molecular flexibility index (Phi) is 4.35. The zero-order chi connectivity index (χ0) is 18.0. The van der Waals surface area contributed by atoms with Gasteiger partial charge in [0, 0.05) is 5.41 Å². The molecular weight excluding hydrogens is 320 g/mol. The molecule has 0 radical (unpaired) electrons. The predicted molar refractivity (Wildman–Crippen MR) is 90.3 cm³/mol. The van der Waals surface area contributed by atoms with Crippen molar-refractivity contribution in [2.75, 3.05) is 0 Å². The van der Waals surface area contributed by atoms with Crippen LogP contribution in [-0.4, -0.2) is 36.1 Å². The van der Waals surface area contributed by atoms with Gasteiger partial charge in [-0.05, 0) is 24.6 Å². The van der Waals surface area contributed by atoms with Crippen LogP contribution >= 0.6 is 0 Å². The summed E-state index contributed by atoms with van der Waals surface area (Å²) in [6.45, 7) is 8.01. The first kappa shape index (κ1) is 16.8. The van der Waals surface area contributed by atoms with Gasteiger partial charge in [-0.25, -0.2) is 14.5 Å². The average molecular weight is 340 g/mol. The third kappa shape index (κ3) is 3.90. The Morgan fingerprint density at radius 1 is 1.32 bits per heavy atom. The highest BCUT2D eigenvalue weighted by atomic mass is 16.5. The lowest BCUT2D eigenvalue weighted by Crippen LogP contribution is -2.13. The van der Waals surface area contributed by atoms with Crippen molar-refractivity contribution in [2.45, 2.75) is 39.7 Å². The Hall–Kier alpha value is -3.03. The van der Waals surface area contributed by atoms with Crippen LogP contribution in [0.3, 0.4) is 0 Å². The van der Waals surface area contributed by atoms with Crippen molar-refractivity contribution < 1.29 is 9.53 Å². The summed E-state index contributed by atoms with van der Waals surface area (Å²) in [6, 6.07) is 7.74. The summed E-state index contributed by atoms with van der Waals surface area (Å²) < 4.78 is 6.76. The minimum Gasteiger partial charge on any atom is -0.453 e. The molecule has 0 spiro atoms. The lowest BCUT2D eigenvalue weighted by Gasteiger charge is -2.11. The molecular formula is C17H20N6O2. The number of esters is 1. The number of aromatic amines is 1. The van der Waals surface area contributed by atoms with Gasteiger partial charge in [0.05, 0.1) is 11.9 Å². The molecule has 0 aliphatic heterocycles.